The van der Waals surface area contributed by atoms with Gasteiger partial charge in [0.05, 0.1) is 23.9 Å². The van der Waals surface area contributed by atoms with Gasteiger partial charge in [0.15, 0.2) is 6.29 Å². The van der Waals surface area contributed by atoms with E-state index >= 15 is 0 Å². The van der Waals surface area contributed by atoms with Crippen molar-refractivity contribution in [1.29, 1.82) is 0 Å². The van der Waals surface area contributed by atoms with Gasteiger partial charge in [0.25, 0.3) is 0 Å². The molecule has 0 radical (unpaired) electrons. The number of nitrogens with zero attached hydrogens (tertiary/aromatic N) is 1. The van der Waals surface area contributed by atoms with E-state index in [1.807, 2.05) is 12.1 Å². The first-order chi connectivity index (χ1) is 11.7. The van der Waals surface area contributed by atoms with Gasteiger partial charge in [-0.1, -0.05) is 42.8 Å². The molecule has 0 spiro atoms. The molecule has 3 nitrogen and oxygen atoms in total. The third-order valence-electron chi connectivity index (χ3n) is 3.84. The molecule has 1 aliphatic heterocycles. The van der Waals surface area contributed by atoms with Crippen LogP contribution in [0.4, 0.5) is 4.39 Å². The summed E-state index contributed by atoms with van der Waals surface area (Å²) < 4.78 is 25.1. The van der Waals surface area contributed by atoms with E-state index in [1.165, 1.54) is 12.1 Å². The van der Waals surface area contributed by atoms with Gasteiger partial charge in [-0.25, -0.2) is 4.39 Å². The summed E-state index contributed by atoms with van der Waals surface area (Å²) in [6, 6.07) is 8.36. The number of ether oxygens (including phenoxy) is 2. The van der Waals surface area contributed by atoms with E-state index in [9.17, 15) is 4.39 Å². The van der Waals surface area contributed by atoms with Gasteiger partial charge in [-0.3, -0.25) is 4.98 Å². The lowest BCUT2D eigenvalue weighted by Gasteiger charge is -2.28. The molecule has 0 amide bonds. The zero-order valence-electron chi connectivity index (χ0n) is 13.4. The molecule has 0 atom stereocenters. The normalized spacial score (nSPS) is 21.3. The highest BCUT2D eigenvalue weighted by Crippen LogP contribution is 2.27. The zero-order valence-corrected chi connectivity index (χ0v) is 14.2. The highest BCUT2D eigenvalue weighted by Gasteiger charge is 2.22. The van der Waals surface area contributed by atoms with Crippen LogP contribution in [-0.4, -0.2) is 18.2 Å². The number of hydrogen-bond acceptors (Lipinski definition) is 3. The number of hydrogen-bond donors (Lipinski definition) is 0. The van der Waals surface area contributed by atoms with Gasteiger partial charge < -0.3 is 9.47 Å². The third kappa shape index (κ3) is 4.01. The molecule has 0 aliphatic carbocycles. The molecule has 126 valence electrons. The molecule has 1 aliphatic rings. The third-order valence-corrected chi connectivity index (χ3v) is 4.15. The summed E-state index contributed by atoms with van der Waals surface area (Å²) in [5, 5.41) is 0.103. The summed E-state index contributed by atoms with van der Waals surface area (Å²) in [7, 11) is 0. The molecule has 1 fully saturated rings. The summed E-state index contributed by atoms with van der Waals surface area (Å²) >= 11 is 5.71. The maximum Gasteiger partial charge on any atom is 0.185 e. The topological polar surface area (TPSA) is 31.4 Å². The zero-order chi connectivity index (χ0) is 16.9. The Kier molecular flexibility index (Phi) is 5.61. The second-order valence-electron chi connectivity index (χ2n) is 5.70. The van der Waals surface area contributed by atoms with Crippen molar-refractivity contribution in [1.82, 2.24) is 4.98 Å². The van der Waals surface area contributed by atoms with Crippen LogP contribution < -0.4 is 0 Å². The Morgan fingerprint density at radius 3 is 2.67 bits per heavy atom. The van der Waals surface area contributed by atoms with Crippen LogP contribution in [0.25, 0.3) is 11.3 Å². The molecule has 1 aromatic carbocycles. The maximum atomic E-state index is 13.6. The van der Waals surface area contributed by atoms with E-state index in [4.69, 9.17) is 21.1 Å². The lowest BCUT2D eigenvalue weighted by molar-refractivity contribution is -0.197. The lowest BCUT2D eigenvalue weighted by atomic mass is 10.1. The molecule has 2 aromatic rings. The molecule has 1 aromatic heterocycles. The van der Waals surface area contributed by atoms with Crippen LogP contribution in [-0.2, 0) is 9.47 Å². The Bertz CT molecular complexity index is 710. The van der Waals surface area contributed by atoms with E-state index in [1.54, 1.807) is 12.3 Å². The first-order valence-electron chi connectivity index (χ1n) is 7.98. The van der Waals surface area contributed by atoms with Gasteiger partial charge in [0.2, 0.25) is 0 Å². The van der Waals surface area contributed by atoms with Gasteiger partial charge in [-0.05, 0) is 24.6 Å². The van der Waals surface area contributed by atoms with Crippen molar-refractivity contribution >= 4 is 11.6 Å². The monoisotopic (exact) mass is 347 g/mol. The van der Waals surface area contributed by atoms with Gasteiger partial charge in [-0.2, -0.15) is 0 Å². The minimum Gasteiger partial charge on any atom is -0.348 e. The van der Waals surface area contributed by atoms with E-state index in [-0.39, 0.29) is 5.02 Å². The Labute approximate surface area is 146 Å². The fourth-order valence-corrected chi connectivity index (χ4v) is 2.64. The van der Waals surface area contributed by atoms with Gasteiger partial charge >= 0.3 is 0 Å². The molecular weight excluding hydrogens is 329 g/mol. The second kappa shape index (κ2) is 7.88. The predicted octanol–water partition coefficient (Wildman–Crippen LogP) is 5.17. The molecule has 0 bridgehead atoms. The van der Waals surface area contributed by atoms with Crippen LogP contribution in [0.2, 0.25) is 5.02 Å². The van der Waals surface area contributed by atoms with E-state index < -0.39 is 12.1 Å². The van der Waals surface area contributed by atoms with Crippen LogP contribution in [0.3, 0.4) is 0 Å². The minimum atomic E-state index is -0.454. The van der Waals surface area contributed by atoms with Crippen molar-refractivity contribution in [3.63, 3.8) is 0 Å². The first kappa shape index (κ1) is 17.1. The van der Waals surface area contributed by atoms with Crippen LogP contribution >= 0.6 is 11.6 Å². The number of allylic oxidation sites excluding steroid dienone is 1. The fraction of sp³-hybridized carbons (Fsp3) is 0.316. The largest absolute Gasteiger partial charge is 0.348 e. The van der Waals surface area contributed by atoms with Crippen molar-refractivity contribution in [3.05, 3.63) is 65.1 Å². The Hall–Kier alpha value is -1.75. The van der Waals surface area contributed by atoms with Crippen molar-refractivity contribution in [2.45, 2.75) is 19.6 Å². The molecule has 24 heavy (non-hydrogen) atoms. The quantitative estimate of drug-likeness (QED) is 0.715. The first-order valence-corrected chi connectivity index (χ1v) is 8.36. The van der Waals surface area contributed by atoms with Gasteiger partial charge in [0, 0.05) is 23.2 Å². The smallest absolute Gasteiger partial charge is 0.185 e. The molecule has 2 heterocycles. The average molecular weight is 348 g/mol. The number of halogens is 2. The number of aromatic nitrogens is 1. The molecule has 1 saturated heterocycles. The highest BCUT2D eigenvalue weighted by molar-refractivity contribution is 6.30. The summed E-state index contributed by atoms with van der Waals surface area (Å²) in [5.41, 5.74) is 2.21. The van der Waals surface area contributed by atoms with Crippen LogP contribution in [0.5, 0.6) is 0 Å². The summed E-state index contributed by atoms with van der Waals surface area (Å²) in [6.07, 6.45) is 6.57. The predicted molar refractivity (Wildman–Crippen MR) is 92.2 cm³/mol. The second-order valence-corrected chi connectivity index (χ2v) is 6.11. The minimum absolute atomic E-state index is 0.103. The molecule has 0 unspecified atom stereocenters. The summed E-state index contributed by atoms with van der Waals surface area (Å²) in [4.78, 5) is 4.38. The van der Waals surface area contributed by atoms with Crippen LogP contribution in [0.1, 0.15) is 25.2 Å². The standard InChI is InChI=1S/C19H19ClFNO2/c1-2-3-4-13-11-23-19(24-12-13)15-6-8-18(22-10-15)14-5-7-16(20)17(21)9-14/h3-10,13,19H,2,11-12H2,1H3/b4-3+. The van der Waals surface area contributed by atoms with Crippen molar-refractivity contribution < 1.29 is 13.9 Å². The summed E-state index contributed by atoms with van der Waals surface area (Å²) in [5.74, 6) is -0.157. The number of rotatable bonds is 4. The lowest BCUT2D eigenvalue weighted by Crippen LogP contribution is -2.25. The van der Waals surface area contributed by atoms with Crippen molar-refractivity contribution in [2.24, 2.45) is 5.92 Å². The van der Waals surface area contributed by atoms with Gasteiger partial charge in [0.1, 0.15) is 5.82 Å². The maximum absolute atomic E-state index is 13.6. The Morgan fingerprint density at radius 1 is 1.25 bits per heavy atom. The highest BCUT2D eigenvalue weighted by atomic mass is 35.5. The Morgan fingerprint density at radius 2 is 2.04 bits per heavy atom. The van der Waals surface area contributed by atoms with E-state index in [2.05, 4.69) is 24.1 Å². The average Bonchev–Trinajstić information content (AvgIpc) is 2.63. The number of pyridine rings is 1. The summed E-state index contributed by atoms with van der Waals surface area (Å²) in [6.45, 7) is 3.36. The molecule has 5 heteroatoms. The van der Waals surface area contributed by atoms with Crippen molar-refractivity contribution in [3.8, 4) is 11.3 Å². The Balaban J connectivity index is 1.67. The molecule has 0 saturated carbocycles. The fourth-order valence-electron chi connectivity index (χ4n) is 2.52. The van der Waals surface area contributed by atoms with Crippen molar-refractivity contribution in [2.75, 3.05) is 13.2 Å². The van der Waals surface area contributed by atoms with E-state index in [0.29, 0.717) is 30.4 Å². The van der Waals surface area contributed by atoms with Gasteiger partial charge in [-0.15, -0.1) is 0 Å². The SMILES string of the molecule is CC/C=C/C1COC(c2ccc(-c3ccc(Cl)c(F)c3)nc2)OC1. The molecular formula is C19H19ClFNO2. The van der Waals surface area contributed by atoms with Crippen LogP contribution in [0.15, 0.2) is 48.7 Å². The molecule has 0 N–H and O–H groups in total. The van der Waals surface area contributed by atoms with Crippen LogP contribution in [0, 0.1) is 11.7 Å². The number of benzene rings is 1. The van der Waals surface area contributed by atoms with E-state index in [0.717, 1.165) is 12.0 Å². The molecule has 3 rings (SSSR count).